The molecule has 9 nitrogen and oxygen atoms in total. The van der Waals surface area contributed by atoms with E-state index in [4.69, 9.17) is 9.47 Å². The van der Waals surface area contributed by atoms with E-state index < -0.39 is 23.6 Å². The lowest BCUT2D eigenvalue weighted by Gasteiger charge is -2.23. The number of hydrogen-bond donors (Lipinski definition) is 3. The third-order valence-electron chi connectivity index (χ3n) is 6.16. The molecule has 3 aromatic carbocycles. The summed E-state index contributed by atoms with van der Waals surface area (Å²) < 4.78 is 11.1. The fourth-order valence-electron chi connectivity index (χ4n) is 4.12. The van der Waals surface area contributed by atoms with Crippen LogP contribution in [0.3, 0.4) is 0 Å². The van der Waals surface area contributed by atoms with Gasteiger partial charge in [-0.05, 0) is 63.1 Å². The number of aromatic nitrogens is 2. The van der Waals surface area contributed by atoms with Gasteiger partial charge in [-0.3, -0.25) is 14.9 Å². The molecule has 214 valence electrons. The van der Waals surface area contributed by atoms with Gasteiger partial charge >= 0.3 is 6.09 Å². The van der Waals surface area contributed by atoms with Crippen LogP contribution >= 0.6 is 0 Å². The number of hydrogen-bond acceptors (Lipinski definition) is 6. The second-order valence-corrected chi connectivity index (χ2v) is 10.8. The van der Waals surface area contributed by atoms with Gasteiger partial charge in [0.25, 0.3) is 0 Å². The van der Waals surface area contributed by atoms with E-state index in [0.717, 1.165) is 24.2 Å². The van der Waals surface area contributed by atoms with Crippen LogP contribution in [0.15, 0.2) is 72.8 Å². The molecule has 4 aromatic rings. The molecule has 3 N–H and O–H groups in total. The standard InChI is InChI=1S/C32H36N4O5/c1-5-6-18-40-24-15-12-21(13-16-24)19-27(35-31(39)41-32(2,3)4)29(38)36-30-33-25-17-14-23(20-26(25)34-30)28(37)22-10-8-7-9-11-22/h7-17,20,27H,5-6,18-19H2,1-4H3,(H,35,39)(H2,33,34,36,38)/t27-/m0/s1. The maximum Gasteiger partial charge on any atom is 0.408 e. The Labute approximate surface area is 239 Å². The van der Waals surface area contributed by atoms with Gasteiger partial charge in [0.2, 0.25) is 11.9 Å². The lowest BCUT2D eigenvalue weighted by Crippen LogP contribution is -2.47. The molecular weight excluding hydrogens is 520 g/mol. The van der Waals surface area contributed by atoms with Crippen LogP contribution in [0.4, 0.5) is 10.7 Å². The molecule has 0 radical (unpaired) electrons. The first kappa shape index (κ1) is 29.3. The van der Waals surface area contributed by atoms with Crippen molar-refractivity contribution in [3.8, 4) is 5.75 Å². The smallest absolute Gasteiger partial charge is 0.408 e. The van der Waals surface area contributed by atoms with E-state index in [1.54, 1.807) is 51.1 Å². The molecule has 2 amide bonds. The second kappa shape index (κ2) is 13.1. The number of anilines is 1. The van der Waals surface area contributed by atoms with Crippen molar-refractivity contribution in [3.05, 3.63) is 89.5 Å². The normalized spacial score (nSPS) is 12.0. The number of unbranched alkanes of at least 4 members (excludes halogenated alkanes) is 1. The molecule has 0 saturated carbocycles. The number of benzene rings is 3. The van der Waals surface area contributed by atoms with Crippen molar-refractivity contribution < 1.29 is 23.9 Å². The minimum atomic E-state index is -0.944. The van der Waals surface area contributed by atoms with Crippen molar-refractivity contribution >= 4 is 34.8 Å². The van der Waals surface area contributed by atoms with Crippen molar-refractivity contribution in [1.29, 1.82) is 0 Å². The topological polar surface area (TPSA) is 122 Å². The number of aromatic amines is 1. The molecule has 9 heteroatoms. The van der Waals surface area contributed by atoms with E-state index in [9.17, 15) is 14.4 Å². The molecule has 0 aliphatic rings. The number of carbonyl (C=O) groups excluding carboxylic acids is 3. The average molecular weight is 557 g/mol. The number of alkyl carbamates (subject to hydrolysis) is 1. The highest BCUT2D eigenvalue weighted by atomic mass is 16.6. The van der Waals surface area contributed by atoms with Gasteiger partial charge in [-0.15, -0.1) is 0 Å². The summed E-state index contributed by atoms with van der Waals surface area (Å²) in [6.07, 6.45) is 1.53. The molecule has 41 heavy (non-hydrogen) atoms. The molecule has 0 saturated heterocycles. The number of carbonyl (C=O) groups is 3. The lowest BCUT2D eigenvalue weighted by molar-refractivity contribution is -0.118. The minimum Gasteiger partial charge on any atom is -0.494 e. The number of rotatable bonds is 11. The summed E-state index contributed by atoms with van der Waals surface area (Å²) in [5.74, 6) is 0.357. The summed E-state index contributed by atoms with van der Waals surface area (Å²) in [5.41, 5.74) is 2.36. The number of nitrogens with one attached hydrogen (secondary N) is 3. The van der Waals surface area contributed by atoms with Gasteiger partial charge in [0.05, 0.1) is 17.6 Å². The summed E-state index contributed by atoms with van der Waals surface area (Å²) in [4.78, 5) is 46.3. The number of imidazole rings is 1. The van der Waals surface area contributed by atoms with Gasteiger partial charge in [-0.25, -0.2) is 9.78 Å². The summed E-state index contributed by atoms with van der Waals surface area (Å²) in [6, 6.07) is 20.6. The van der Waals surface area contributed by atoms with E-state index >= 15 is 0 Å². The first-order valence-corrected chi connectivity index (χ1v) is 13.7. The fourth-order valence-corrected chi connectivity index (χ4v) is 4.12. The van der Waals surface area contributed by atoms with Crippen LogP contribution in [-0.4, -0.2) is 46.0 Å². The molecule has 0 aliphatic heterocycles. The Hall–Kier alpha value is -4.66. The lowest BCUT2D eigenvalue weighted by atomic mass is 10.0. The number of nitrogens with zero attached hydrogens (tertiary/aromatic N) is 1. The summed E-state index contributed by atoms with van der Waals surface area (Å²) in [5, 5.41) is 5.44. The maximum atomic E-state index is 13.4. The van der Waals surface area contributed by atoms with Crippen LogP contribution in [0, 0.1) is 0 Å². The third-order valence-corrected chi connectivity index (χ3v) is 6.16. The third kappa shape index (κ3) is 8.41. The number of amides is 2. The zero-order valence-corrected chi connectivity index (χ0v) is 23.8. The van der Waals surface area contributed by atoms with E-state index in [1.165, 1.54) is 0 Å². The zero-order chi connectivity index (χ0) is 29.4. The van der Waals surface area contributed by atoms with E-state index in [1.807, 2.05) is 42.5 Å². The van der Waals surface area contributed by atoms with Gasteiger partial charge < -0.3 is 19.8 Å². The van der Waals surface area contributed by atoms with Gasteiger partial charge in [-0.2, -0.15) is 0 Å². The number of H-pyrrole nitrogens is 1. The molecule has 1 aromatic heterocycles. The molecule has 0 fully saturated rings. The average Bonchev–Trinajstić information content (AvgIpc) is 3.34. The van der Waals surface area contributed by atoms with E-state index in [2.05, 4.69) is 27.5 Å². The maximum absolute atomic E-state index is 13.4. The SMILES string of the molecule is CCCCOc1ccc(C[C@H](NC(=O)OC(C)(C)C)C(=O)Nc2nc3ccc(C(=O)c4ccccc4)cc3[nH]2)cc1. The molecule has 1 heterocycles. The second-order valence-electron chi connectivity index (χ2n) is 10.8. The van der Waals surface area contributed by atoms with Crippen molar-refractivity contribution in [2.24, 2.45) is 0 Å². The highest BCUT2D eigenvalue weighted by Gasteiger charge is 2.26. The van der Waals surface area contributed by atoms with Crippen LogP contribution in [0.1, 0.15) is 62.0 Å². The molecule has 1 atom stereocenters. The molecule has 0 aliphatic carbocycles. The highest BCUT2D eigenvalue weighted by molar-refractivity contribution is 6.10. The number of fused-ring (bicyclic) bond motifs is 1. The Morgan fingerprint density at radius 1 is 0.951 bits per heavy atom. The monoisotopic (exact) mass is 556 g/mol. The Kier molecular flexibility index (Phi) is 9.39. The quantitative estimate of drug-likeness (QED) is 0.153. The minimum absolute atomic E-state index is 0.115. The Morgan fingerprint density at radius 2 is 1.68 bits per heavy atom. The van der Waals surface area contributed by atoms with Gasteiger partial charge in [0.15, 0.2) is 5.78 Å². The van der Waals surface area contributed by atoms with Crippen LogP contribution in [0.25, 0.3) is 11.0 Å². The number of ether oxygens (including phenoxy) is 2. The van der Waals surface area contributed by atoms with Gasteiger partial charge in [0, 0.05) is 17.5 Å². The predicted molar refractivity (Wildman–Crippen MR) is 158 cm³/mol. The number of ketones is 1. The van der Waals surface area contributed by atoms with Crippen LogP contribution in [-0.2, 0) is 16.0 Å². The fraction of sp³-hybridized carbons (Fsp3) is 0.312. The zero-order valence-electron chi connectivity index (χ0n) is 23.8. The van der Waals surface area contributed by atoms with Crippen molar-refractivity contribution in [2.45, 2.75) is 58.6 Å². The van der Waals surface area contributed by atoms with Crippen molar-refractivity contribution in [2.75, 3.05) is 11.9 Å². The molecule has 0 bridgehead atoms. The van der Waals surface area contributed by atoms with E-state index in [-0.39, 0.29) is 18.2 Å². The Bertz CT molecular complexity index is 1490. The summed E-state index contributed by atoms with van der Waals surface area (Å²) in [7, 11) is 0. The molecule has 4 rings (SSSR count). The summed E-state index contributed by atoms with van der Waals surface area (Å²) >= 11 is 0. The first-order chi connectivity index (χ1) is 19.6. The molecule has 0 spiro atoms. The van der Waals surface area contributed by atoms with Gasteiger partial charge in [-0.1, -0.05) is 55.8 Å². The predicted octanol–water partition coefficient (Wildman–Crippen LogP) is 6.05. The van der Waals surface area contributed by atoms with Gasteiger partial charge in [0.1, 0.15) is 17.4 Å². The largest absolute Gasteiger partial charge is 0.494 e. The molecule has 0 unspecified atom stereocenters. The van der Waals surface area contributed by atoms with Crippen LogP contribution < -0.4 is 15.4 Å². The van der Waals surface area contributed by atoms with Crippen molar-refractivity contribution in [1.82, 2.24) is 15.3 Å². The van der Waals surface area contributed by atoms with Crippen LogP contribution in [0.5, 0.6) is 5.75 Å². The Morgan fingerprint density at radius 3 is 2.37 bits per heavy atom. The molecular formula is C32H36N4O5. The Balaban J connectivity index is 1.49. The van der Waals surface area contributed by atoms with Crippen LogP contribution in [0.2, 0.25) is 0 Å². The highest BCUT2D eigenvalue weighted by Crippen LogP contribution is 2.20. The van der Waals surface area contributed by atoms with Crippen molar-refractivity contribution in [3.63, 3.8) is 0 Å². The first-order valence-electron chi connectivity index (χ1n) is 13.7. The van der Waals surface area contributed by atoms with E-state index in [0.29, 0.717) is 28.8 Å². The summed E-state index contributed by atoms with van der Waals surface area (Å²) in [6.45, 7) is 8.00.